The average Bonchev–Trinajstić information content (AvgIpc) is 2.45. The predicted octanol–water partition coefficient (Wildman–Crippen LogP) is 2.77. The van der Waals surface area contributed by atoms with Crippen LogP contribution in [0.25, 0.3) is 10.8 Å². The van der Waals surface area contributed by atoms with Gasteiger partial charge < -0.3 is 10.2 Å². The zero-order valence-electron chi connectivity index (χ0n) is 11.9. The smallest absolute Gasteiger partial charge is 0.156 e. The van der Waals surface area contributed by atoms with Gasteiger partial charge in [-0.2, -0.15) is 5.10 Å². The van der Waals surface area contributed by atoms with Crippen LogP contribution in [-0.2, 0) is 0 Å². The van der Waals surface area contributed by atoms with Crippen LogP contribution in [0.4, 0.5) is 5.82 Å². The predicted molar refractivity (Wildman–Crippen MR) is 80.4 cm³/mol. The van der Waals surface area contributed by atoms with Crippen LogP contribution in [0, 0.1) is 0 Å². The molecule has 1 aromatic carbocycles. The molecule has 4 heteroatoms. The molecule has 0 fully saturated rings. The van der Waals surface area contributed by atoms with Gasteiger partial charge in [0.15, 0.2) is 5.82 Å². The molecule has 19 heavy (non-hydrogen) atoms. The first-order chi connectivity index (χ1) is 9.24. The van der Waals surface area contributed by atoms with Gasteiger partial charge in [-0.25, -0.2) is 0 Å². The fraction of sp³-hybridized carbons (Fsp3) is 0.467. The molecule has 1 atom stereocenters. The zero-order chi connectivity index (χ0) is 13.7. The van der Waals surface area contributed by atoms with E-state index in [1.54, 1.807) is 6.20 Å². The van der Waals surface area contributed by atoms with E-state index in [1.807, 2.05) is 12.1 Å². The van der Waals surface area contributed by atoms with Crippen molar-refractivity contribution in [1.29, 1.82) is 0 Å². The minimum atomic E-state index is 0.347. The summed E-state index contributed by atoms with van der Waals surface area (Å²) in [6.07, 6.45) is 1.80. The van der Waals surface area contributed by atoms with Crippen molar-refractivity contribution in [3.63, 3.8) is 0 Å². The minimum Gasteiger partial charge on any atom is -0.364 e. The second-order valence-electron chi connectivity index (χ2n) is 4.81. The van der Waals surface area contributed by atoms with E-state index in [1.165, 1.54) is 0 Å². The van der Waals surface area contributed by atoms with E-state index < -0.39 is 0 Å². The number of aromatic nitrogens is 2. The Bertz CT molecular complexity index is 517. The van der Waals surface area contributed by atoms with Crippen LogP contribution >= 0.6 is 0 Å². The molecule has 0 aliphatic heterocycles. The summed E-state index contributed by atoms with van der Waals surface area (Å²) in [6, 6.07) is 8.54. The van der Waals surface area contributed by atoms with Crippen molar-refractivity contribution in [1.82, 2.24) is 15.1 Å². The van der Waals surface area contributed by atoms with Crippen molar-refractivity contribution in [2.45, 2.75) is 26.8 Å². The number of hydrogen-bond acceptors (Lipinski definition) is 4. The number of hydrogen-bond donors (Lipinski definition) is 1. The first kappa shape index (κ1) is 13.7. The zero-order valence-corrected chi connectivity index (χ0v) is 11.9. The van der Waals surface area contributed by atoms with Crippen LogP contribution in [0.2, 0.25) is 0 Å². The Labute approximate surface area is 114 Å². The summed E-state index contributed by atoms with van der Waals surface area (Å²) >= 11 is 0. The molecule has 0 radical (unpaired) electrons. The van der Waals surface area contributed by atoms with E-state index >= 15 is 0 Å². The molecule has 1 heterocycles. The first-order valence-corrected chi connectivity index (χ1v) is 6.94. The molecular weight excluding hydrogens is 236 g/mol. The Kier molecular flexibility index (Phi) is 4.68. The van der Waals surface area contributed by atoms with Crippen molar-refractivity contribution in [2.24, 2.45) is 0 Å². The van der Waals surface area contributed by atoms with Crippen molar-refractivity contribution < 1.29 is 0 Å². The van der Waals surface area contributed by atoms with Crippen LogP contribution < -0.4 is 5.32 Å². The van der Waals surface area contributed by atoms with E-state index in [9.17, 15) is 0 Å². The highest BCUT2D eigenvalue weighted by Gasteiger charge is 2.09. The molecule has 0 saturated carbocycles. The van der Waals surface area contributed by atoms with Crippen LogP contribution in [0.5, 0.6) is 0 Å². The molecule has 0 bridgehead atoms. The maximum Gasteiger partial charge on any atom is 0.156 e. The van der Waals surface area contributed by atoms with Gasteiger partial charge in [0.2, 0.25) is 0 Å². The van der Waals surface area contributed by atoms with E-state index in [4.69, 9.17) is 0 Å². The van der Waals surface area contributed by atoms with Crippen molar-refractivity contribution in [3.05, 3.63) is 30.5 Å². The lowest BCUT2D eigenvalue weighted by Gasteiger charge is -2.23. The minimum absolute atomic E-state index is 0.347. The second kappa shape index (κ2) is 6.48. The number of likely N-dealkylation sites (N-methyl/N-ethyl adjacent to an activating group) is 1. The Morgan fingerprint density at radius 1 is 1.21 bits per heavy atom. The van der Waals surface area contributed by atoms with Crippen molar-refractivity contribution in [3.8, 4) is 0 Å². The van der Waals surface area contributed by atoms with E-state index in [0.717, 1.165) is 36.2 Å². The van der Waals surface area contributed by atoms with Crippen molar-refractivity contribution >= 4 is 16.6 Å². The normalized spacial score (nSPS) is 12.8. The molecule has 1 aromatic heterocycles. The maximum atomic E-state index is 4.23. The number of rotatable bonds is 6. The summed E-state index contributed by atoms with van der Waals surface area (Å²) in [5, 5.41) is 14.0. The molecule has 1 unspecified atom stereocenters. The van der Waals surface area contributed by atoms with Gasteiger partial charge in [0.05, 0.1) is 6.20 Å². The number of fused-ring (bicyclic) bond motifs is 1. The van der Waals surface area contributed by atoms with E-state index in [-0.39, 0.29) is 0 Å². The van der Waals surface area contributed by atoms with Gasteiger partial charge in [0.25, 0.3) is 0 Å². The molecule has 0 spiro atoms. The van der Waals surface area contributed by atoms with Gasteiger partial charge in [-0.1, -0.05) is 38.1 Å². The lowest BCUT2D eigenvalue weighted by Crippen LogP contribution is -2.35. The Morgan fingerprint density at radius 3 is 2.68 bits per heavy atom. The summed E-state index contributed by atoms with van der Waals surface area (Å²) in [6.45, 7) is 9.72. The first-order valence-electron chi connectivity index (χ1n) is 6.94. The summed E-state index contributed by atoms with van der Waals surface area (Å²) in [5.41, 5.74) is 0. The fourth-order valence-electron chi connectivity index (χ4n) is 2.28. The van der Waals surface area contributed by atoms with Gasteiger partial charge >= 0.3 is 0 Å². The number of benzene rings is 1. The van der Waals surface area contributed by atoms with Gasteiger partial charge in [-0.3, -0.25) is 0 Å². The Balaban J connectivity index is 2.12. The van der Waals surface area contributed by atoms with Crippen LogP contribution in [0.3, 0.4) is 0 Å². The third-order valence-corrected chi connectivity index (χ3v) is 3.38. The topological polar surface area (TPSA) is 41.0 Å². The molecular formula is C15H22N4. The van der Waals surface area contributed by atoms with E-state index in [0.29, 0.717) is 6.04 Å². The molecule has 2 aromatic rings. The molecule has 0 saturated heterocycles. The third-order valence-electron chi connectivity index (χ3n) is 3.38. The SMILES string of the molecule is CCN(CC)CC(C)Nc1nncc2ccccc12. The van der Waals surface area contributed by atoms with E-state index in [2.05, 4.69) is 53.3 Å². The third kappa shape index (κ3) is 3.41. The largest absolute Gasteiger partial charge is 0.364 e. The summed E-state index contributed by atoms with van der Waals surface area (Å²) in [5.74, 6) is 0.873. The quantitative estimate of drug-likeness (QED) is 0.865. The summed E-state index contributed by atoms with van der Waals surface area (Å²) in [4.78, 5) is 2.40. The highest BCUT2D eigenvalue weighted by Crippen LogP contribution is 2.19. The highest BCUT2D eigenvalue weighted by atomic mass is 15.2. The molecule has 102 valence electrons. The Hall–Kier alpha value is -1.68. The van der Waals surface area contributed by atoms with Crippen LogP contribution in [0.15, 0.2) is 30.5 Å². The van der Waals surface area contributed by atoms with Crippen LogP contribution in [-0.4, -0.2) is 40.8 Å². The number of anilines is 1. The van der Waals surface area contributed by atoms with Gasteiger partial charge in [0, 0.05) is 23.4 Å². The molecule has 0 aliphatic rings. The number of nitrogens with zero attached hydrogens (tertiary/aromatic N) is 3. The van der Waals surface area contributed by atoms with Gasteiger partial charge in [-0.05, 0) is 20.0 Å². The summed E-state index contributed by atoms with van der Waals surface area (Å²) in [7, 11) is 0. The standard InChI is InChI=1S/C15H22N4/c1-4-19(5-2)11-12(3)17-15-14-9-7-6-8-13(14)10-16-18-15/h6-10,12H,4-5,11H2,1-3H3,(H,17,18). The van der Waals surface area contributed by atoms with Gasteiger partial charge in [0.1, 0.15) is 0 Å². The van der Waals surface area contributed by atoms with Crippen molar-refractivity contribution in [2.75, 3.05) is 25.0 Å². The lowest BCUT2D eigenvalue weighted by molar-refractivity contribution is 0.294. The molecule has 2 rings (SSSR count). The molecule has 0 aliphatic carbocycles. The van der Waals surface area contributed by atoms with Crippen LogP contribution in [0.1, 0.15) is 20.8 Å². The highest BCUT2D eigenvalue weighted by molar-refractivity contribution is 5.90. The lowest BCUT2D eigenvalue weighted by atomic mass is 10.2. The monoisotopic (exact) mass is 258 g/mol. The van der Waals surface area contributed by atoms with Gasteiger partial charge in [-0.15, -0.1) is 5.10 Å². The fourth-order valence-corrected chi connectivity index (χ4v) is 2.28. The second-order valence-corrected chi connectivity index (χ2v) is 4.81. The molecule has 4 nitrogen and oxygen atoms in total. The summed E-state index contributed by atoms with van der Waals surface area (Å²) < 4.78 is 0. The number of nitrogens with one attached hydrogen (secondary N) is 1. The Morgan fingerprint density at radius 2 is 1.95 bits per heavy atom. The average molecular weight is 258 g/mol. The molecule has 0 amide bonds. The maximum absolute atomic E-state index is 4.23. The molecule has 1 N–H and O–H groups in total.